The van der Waals surface area contributed by atoms with Gasteiger partial charge in [-0.25, -0.2) is 9.52 Å². The molecular weight excluding hydrogens is 272 g/mol. The Hall–Kier alpha value is -2.29. The first-order valence-corrected chi connectivity index (χ1v) is 6.74. The summed E-state index contributed by atoms with van der Waals surface area (Å²) in [5.74, 6) is -0.126. The number of hydrogen-bond acceptors (Lipinski definition) is 5. The topological polar surface area (TPSA) is 134 Å². The predicted molar refractivity (Wildman–Crippen MR) is 70.2 cm³/mol. The summed E-state index contributed by atoms with van der Waals surface area (Å²) < 4.78 is 31.3. The lowest BCUT2D eigenvalue weighted by Crippen LogP contribution is -2.35. The summed E-state index contributed by atoms with van der Waals surface area (Å²) in [6.07, 6.45) is -1.06. The summed E-state index contributed by atoms with van der Waals surface area (Å²) in [5.41, 5.74) is 5.94. The number of nitrogen functional groups attached to an aromatic ring is 1. The molecule has 0 aliphatic carbocycles. The molecule has 0 saturated carbocycles. The molecule has 0 saturated heterocycles. The van der Waals surface area contributed by atoms with E-state index >= 15 is 0 Å². The first-order chi connectivity index (χ1) is 8.84. The minimum atomic E-state index is -4.05. The van der Waals surface area contributed by atoms with Crippen LogP contribution >= 0.6 is 0 Å². The summed E-state index contributed by atoms with van der Waals surface area (Å²) in [4.78, 5) is 11.0. The van der Waals surface area contributed by atoms with E-state index in [1.807, 2.05) is 0 Å². The number of nitrogens with one attached hydrogen (secondary N) is 3. The second-order valence-corrected chi connectivity index (χ2v) is 4.83. The maximum atomic E-state index is 11.5. The highest BCUT2D eigenvalue weighted by atomic mass is 32.2. The molecular formula is C10H14N4O4S. The number of carbonyl (C=O) groups is 1. The molecule has 0 aromatic heterocycles. The molecule has 8 nitrogen and oxygen atoms in total. The van der Waals surface area contributed by atoms with Gasteiger partial charge in [-0.15, -0.1) is 0 Å². The lowest BCUT2D eigenvalue weighted by molar-refractivity contribution is 0.159. The highest BCUT2D eigenvalue weighted by molar-refractivity contribution is 7.91. The summed E-state index contributed by atoms with van der Waals surface area (Å²) in [7, 11) is -4.05. The van der Waals surface area contributed by atoms with Crippen molar-refractivity contribution < 1.29 is 17.9 Å². The van der Waals surface area contributed by atoms with E-state index in [9.17, 15) is 13.2 Å². The van der Waals surface area contributed by atoms with Crippen LogP contribution in [0.2, 0.25) is 0 Å². The number of rotatable bonds is 5. The third-order valence-corrected chi connectivity index (χ3v) is 2.88. The van der Waals surface area contributed by atoms with Gasteiger partial charge in [0.05, 0.1) is 12.3 Å². The number of amidine groups is 1. The molecule has 0 aliphatic heterocycles. The number of amides is 1. The molecule has 0 aliphatic rings. The highest BCUT2D eigenvalue weighted by Gasteiger charge is 2.14. The number of nitrogens with two attached hydrogens (primary N) is 1. The van der Waals surface area contributed by atoms with Crippen LogP contribution in [0, 0.1) is 5.41 Å². The quantitative estimate of drug-likeness (QED) is 0.458. The number of hydrogen-bond donors (Lipinski definition) is 4. The Kier molecular flexibility index (Phi) is 4.70. The Morgan fingerprint density at radius 1 is 1.37 bits per heavy atom. The van der Waals surface area contributed by atoms with Gasteiger partial charge in [0.2, 0.25) is 0 Å². The normalized spacial score (nSPS) is 10.6. The predicted octanol–water partition coefficient (Wildman–Crippen LogP) is 0.373. The fourth-order valence-electron chi connectivity index (χ4n) is 1.17. The molecule has 0 heterocycles. The van der Waals surface area contributed by atoms with Gasteiger partial charge in [0, 0.05) is 5.56 Å². The molecule has 5 N–H and O–H groups in total. The van der Waals surface area contributed by atoms with Crippen molar-refractivity contribution in [3.63, 3.8) is 0 Å². The van der Waals surface area contributed by atoms with Crippen molar-refractivity contribution in [1.29, 1.82) is 5.41 Å². The molecule has 1 amide bonds. The summed E-state index contributed by atoms with van der Waals surface area (Å²) in [5, 5.41) is 7.19. The molecule has 0 radical (unpaired) electrons. The van der Waals surface area contributed by atoms with Gasteiger partial charge in [-0.05, 0) is 31.2 Å². The van der Waals surface area contributed by atoms with E-state index in [0.29, 0.717) is 5.56 Å². The molecule has 1 aromatic rings. The molecule has 1 rings (SSSR count). The first kappa shape index (κ1) is 14.8. The van der Waals surface area contributed by atoms with Gasteiger partial charge >= 0.3 is 16.3 Å². The van der Waals surface area contributed by atoms with Crippen molar-refractivity contribution in [2.24, 2.45) is 5.73 Å². The van der Waals surface area contributed by atoms with E-state index < -0.39 is 16.3 Å². The van der Waals surface area contributed by atoms with Gasteiger partial charge in [-0.2, -0.15) is 8.42 Å². The summed E-state index contributed by atoms with van der Waals surface area (Å²) >= 11 is 0. The van der Waals surface area contributed by atoms with Crippen LogP contribution in [0.1, 0.15) is 12.5 Å². The van der Waals surface area contributed by atoms with Crippen LogP contribution in [0.15, 0.2) is 24.3 Å². The molecule has 104 valence electrons. The van der Waals surface area contributed by atoms with Crippen molar-refractivity contribution >= 4 is 27.8 Å². The van der Waals surface area contributed by atoms with E-state index in [-0.39, 0.29) is 18.1 Å². The Bertz CT molecular complexity index is 568. The number of ether oxygens (including phenoxy) is 1. The molecule has 0 unspecified atom stereocenters. The van der Waals surface area contributed by atoms with Crippen molar-refractivity contribution in [1.82, 2.24) is 4.72 Å². The number of benzene rings is 1. The van der Waals surface area contributed by atoms with Crippen LogP contribution < -0.4 is 15.2 Å². The van der Waals surface area contributed by atoms with E-state index in [2.05, 4.69) is 9.46 Å². The van der Waals surface area contributed by atoms with Crippen LogP contribution in [0.5, 0.6) is 0 Å². The molecule has 0 spiro atoms. The average Bonchev–Trinajstić information content (AvgIpc) is 2.28. The second-order valence-electron chi connectivity index (χ2n) is 3.42. The Morgan fingerprint density at radius 3 is 2.42 bits per heavy atom. The fraction of sp³-hybridized carbons (Fsp3) is 0.200. The smallest absolute Gasteiger partial charge is 0.422 e. The van der Waals surface area contributed by atoms with Crippen LogP contribution in [0.25, 0.3) is 0 Å². The van der Waals surface area contributed by atoms with Gasteiger partial charge in [0.25, 0.3) is 0 Å². The highest BCUT2D eigenvalue weighted by Crippen LogP contribution is 2.10. The summed E-state index contributed by atoms with van der Waals surface area (Å²) in [6.45, 7) is 1.62. The van der Waals surface area contributed by atoms with Gasteiger partial charge in [-0.3, -0.25) is 10.1 Å². The standard InChI is InChI=1S/C10H14N4O4S/c1-2-18-10(15)14-19(16,17)13-8-5-3-7(4-6-8)9(11)12/h3-6,13H,2H2,1H3,(H3,11,12)(H,14,15). The minimum absolute atomic E-state index is 0.0641. The van der Waals surface area contributed by atoms with Gasteiger partial charge in [0.1, 0.15) is 5.84 Å². The van der Waals surface area contributed by atoms with Crippen molar-refractivity contribution in [3.05, 3.63) is 29.8 Å². The third-order valence-electron chi connectivity index (χ3n) is 1.94. The minimum Gasteiger partial charge on any atom is -0.449 e. The van der Waals surface area contributed by atoms with Crippen LogP contribution in [0.4, 0.5) is 10.5 Å². The fourth-order valence-corrected chi connectivity index (χ4v) is 1.94. The Labute approximate surface area is 110 Å². The van der Waals surface area contributed by atoms with Gasteiger partial charge in [0.15, 0.2) is 0 Å². The van der Waals surface area contributed by atoms with E-state index in [0.717, 1.165) is 0 Å². The average molecular weight is 286 g/mol. The number of anilines is 1. The van der Waals surface area contributed by atoms with Crippen LogP contribution in [-0.4, -0.2) is 27.0 Å². The second kappa shape index (κ2) is 6.05. The monoisotopic (exact) mass is 286 g/mol. The number of carbonyl (C=O) groups excluding carboxylic acids is 1. The first-order valence-electron chi connectivity index (χ1n) is 5.26. The zero-order valence-corrected chi connectivity index (χ0v) is 11.0. The van der Waals surface area contributed by atoms with Gasteiger partial charge in [-0.1, -0.05) is 0 Å². The maximum absolute atomic E-state index is 11.5. The van der Waals surface area contributed by atoms with E-state index in [1.54, 1.807) is 11.6 Å². The Balaban J connectivity index is 2.73. The van der Waals surface area contributed by atoms with E-state index in [1.165, 1.54) is 24.3 Å². The molecule has 19 heavy (non-hydrogen) atoms. The van der Waals surface area contributed by atoms with Crippen LogP contribution in [0.3, 0.4) is 0 Å². The largest absolute Gasteiger partial charge is 0.449 e. The lowest BCUT2D eigenvalue weighted by Gasteiger charge is -2.09. The maximum Gasteiger partial charge on any atom is 0.422 e. The van der Waals surface area contributed by atoms with E-state index in [4.69, 9.17) is 11.1 Å². The lowest BCUT2D eigenvalue weighted by atomic mass is 10.2. The zero-order valence-electron chi connectivity index (χ0n) is 10.1. The van der Waals surface area contributed by atoms with Crippen LogP contribution in [-0.2, 0) is 14.9 Å². The molecule has 9 heteroatoms. The SMILES string of the molecule is CCOC(=O)NS(=O)(=O)Nc1ccc(C(=N)N)cc1. The zero-order chi connectivity index (χ0) is 14.5. The molecule has 0 fully saturated rings. The van der Waals surface area contributed by atoms with Crippen molar-refractivity contribution in [3.8, 4) is 0 Å². The Morgan fingerprint density at radius 2 is 1.95 bits per heavy atom. The molecule has 0 bridgehead atoms. The summed E-state index contributed by atoms with van der Waals surface area (Å²) in [6, 6.07) is 5.79. The molecule has 0 atom stereocenters. The van der Waals surface area contributed by atoms with Gasteiger partial charge < -0.3 is 10.5 Å². The third kappa shape index (κ3) is 4.84. The van der Waals surface area contributed by atoms with Crippen molar-refractivity contribution in [2.45, 2.75) is 6.92 Å². The van der Waals surface area contributed by atoms with Crippen molar-refractivity contribution in [2.75, 3.05) is 11.3 Å². The molecule has 1 aromatic carbocycles.